The second-order valence-electron chi connectivity index (χ2n) is 4.77. The van der Waals surface area contributed by atoms with E-state index in [4.69, 9.17) is 5.73 Å². The molecule has 0 aliphatic rings. The van der Waals surface area contributed by atoms with Crippen LogP contribution in [0.4, 0.5) is 13.2 Å². The molecule has 9 heteroatoms. The number of rotatable bonds is 5. The zero-order valence-electron chi connectivity index (χ0n) is 11.3. The smallest absolute Gasteiger partial charge is 0.368 e. The topological polar surface area (TPSA) is 89.3 Å². The van der Waals surface area contributed by atoms with Crippen molar-refractivity contribution in [2.45, 2.75) is 31.0 Å². The predicted octanol–water partition coefficient (Wildman–Crippen LogP) is 1.49. The van der Waals surface area contributed by atoms with E-state index in [0.717, 1.165) is 18.2 Å². The molecule has 118 valence electrons. The Bertz CT molecular complexity index is 627. The molecule has 0 aliphatic heterocycles. The molecular weight excluding hydrogens is 309 g/mol. The number of nitrogens with two attached hydrogens (primary N) is 1. The molecule has 0 heterocycles. The van der Waals surface area contributed by atoms with Gasteiger partial charge in [-0.1, -0.05) is 19.9 Å². The minimum absolute atomic E-state index is 0.442. The first-order valence-electron chi connectivity index (χ1n) is 5.94. The third-order valence-corrected chi connectivity index (χ3v) is 4.17. The van der Waals surface area contributed by atoms with Gasteiger partial charge in [-0.25, -0.2) is 8.42 Å². The summed E-state index contributed by atoms with van der Waals surface area (Å²) in [6, 6.07) is 2.04. The van der Waals surface area contributed by atoms with Crippen molar-refractivity contribution in [3.05, 3.63) is 29.8 Å². The van der Waals surface area contributed by atoms with Gasteiger partial charge in [-0.05, 0) is 24.1 Å². The van der Waals surface area contributed by atoms with Gasteiger partial charge in [0.2, 0.25) is 15.9 Å². The van der Waals surface area contributed by atoms with E-state index < -0.39 is 44.5 Å². The predicted molar refractivity (Wildman–Crippen MR) is 69.6 cm³/mol. The summed E-state index contributed by atoms with van der Waals surface area (Å²) in [4.78, 5) is 10.6. The number of nitrogens with one attached hydrogen (secondary N) is 1. The van der Waals surface area contributed by atoms with Crippen molar-refractivity contribution in [3.63, 3.8) is 0 Å². The minimum atomic E-state index is -4.66. The van der Waals surface area contributed by atoms with Crippen LogP contribution in [0, 0.1) is 5.92 Å². The van der Waals surface area contributed by atoms with Crippen molar-refractivity contribution in [1.82, 2.24) is 4.72 Å². The highest BCUT2D eigenvalue weighted by molar-refractivity contribution is 7.89. The van der Waals surface area contributed by atoms with Crippen molar-refractivity contribution in [3.8, 4) is 0 Å². The van der Waals surface area contributed by atoms with Crippen LogP contribution in [-0.2, 0) is 21.0 Å². The Morgan fingerprint density at radius 2 is 1.86 bits per heavy atom. The summed E-state index contributed by atoms with van der Waals surface area (Å²) >= 11 is 0. The summed E-state index contributed by atoms with van der Waals surface area (Å²) in [6.45, 7) is 3.12. The van der Waals surface area contributed by atoms with Gasteiger partial charge < -0.3 is 5.73 Å². The first-order chi connectivity index (χ1) is 9.45. The van der Waals surface area contributed by atoms with Crippen LogP contribution < -0.4 is 10.5 Å². The molecule has 5 nitrogen and oxygen atoms in total. The summed E-state index contributed by atoms with van der Waals surface area (Å²) in [6.07, 6.45) is -4.66. The van der Waals surface area contributed by atoms with Crippen molar-refractivity contribution < 1.29 is 26.4 Å². The van der Waals surface area contributed by atoms with Crippen molar-refractivity contribution in [2.24, 2.45) is 11.7 Å². The Balaban J connectivity index is 3.17. The van der Waals surface area contributed by atoms with Gasteiger partial charge in [0, 0.05) is 0 Å². The monoisotopic (exact) mass is 324 g/mol. The number of primary amides is 1. The molecule has 0 fully saturated rings. The van der Waals surface area contributed by atoms with Crippen molar-refractivity contribution >= 4 is 15.9 Å². The molecule has 0 bridgehead atoms. The number of hydrogen-bond donors (Lipinski definition) is 2. The molecule has 21 heavy (non-hydrogen) atoms. The molecule has 1 atom stereocenters. The lowest BCUT2D eigenvalue weighted by molar-refractivity contribution is -0.137. The van der Waals surface area contributed by atoms with Crippen LogP contribution in [0.2, 0.25) is 0 Å². The number of carbonyl (C=O) groups excluding carboxylic acids is 1. The van der Waals surface area contributed by atoms with Gasteiger partial charge in [0.15, 0.2) is 0 Å². The van der Waals surface area contributed by atoms with E-state index in [-0.39, 0.29) is 0 Å². The average molecular weight is 324 g/mol. The van der Waals surface area contributed by atoms with Gasteiger partial charge >= 0.3 is 6.18 Å². The van der Waals surface area contributed by atoms with Gasteiger partial charge in [-0.2, -0.15) is 17.9 Å². The molecule has 0 saturated carbocycles. The van der Waals surface area contributed by atoms with Crippen LogP contribution in [0.25, 0.3) is 0 Å². The summed E-state index contributed by atoms with van der Waals surface area (Å²) < 4.78 is 63.9. The largest absolute Gasteiger partial charge is 0.416 e. The third-order valence-electron chi connectivity index (χ3n) is 2.73. The van der Waals surface area contributed by atoms with Gasteiger partial charge in [-0.3, -0.25) is 4.79 Å². The fourth-order valence-corrected chi connectivity index (χ4v) is 3.00. The SMILES string of the molecule is CC(C)C(NS(=O)(=O)c1cccc(C(F)(F)F)c1)C(N)=O. The molecule has 0 aliphatic carbocycles. The van der Waals surface area contributed by atoms with Crippen LogP contribution in [0.1, 0.15) is 19.4 Å². The van der Waals surface area contributed by atoms with Gasteiger partial charge in [0.1, 0.15) is 6.04 Å². The van der Waals surface area contributed by atoms with E-state index in [1.807, 2.05) is 4.72 Å². The molecular formula is C12H15F3N2O3S. The maximum Gasteiger partial charge on any atom is 0.416 e. The summed E-state index contributed by atoms with van der Waals surface area (Å²) in [7, 11) is -4.28. The van der Waals surface area contributed by atoms with Crippen molar-refractivity contribution in [2.75, 3.05) is 0 Å². The number of hydrogen-bond acceptors (Lipinski definition) is 3. The zero-order valence-corrected chi connectivity index (χ0v) is 12.1. The van der Waals surface area contributed by atoms with Crippen LogP contribution in [0.3, 0.4) is 0 Å². The zero-order chi connectivity index (χ0) is 16.4. The van der Waals surface area contributed by atoms with Crippen LogP contribution >= 0.6 is 0 Å². The third kappa shape index (κ3) is 4.43. The van der Waals surface area contributed by atoms with E-state index in [1.54, 1.807) is 13.8 Å². The molecule has 1 rings (SSSR count). The maximum absolute atomic E-state index is 12.6. The molecule has 1 unspecified atom stereocenters. The first kappa shape index (κ1) is 17.4. The normalized spacial score (nSPS) is 14.2. The summed E-state index contributed by atoms with van der Waals surface area (Å²) in [5.41, 5.74) is 3.98. The molecule has 0 radical (unpaired) electrons. The highest BCUT2D eigenvalue weighted by atomic mass is 32.2. The van der Waals surface area contributed by atoms with E-state index >= 15 is 0 Å². The molecule has 1 amide bonds. The lowest BCUT2D eigenvalue weighted by Gasteiger charge is -2.19. The van der Waals surface area contributed by atoms with Crippen molar-refractivity contribution in [1.29, 1.82) is 0 Å². The quantitative estimate of drug-likeness (QED) is 0.860. The Morgan fingerprint density at radius 1 is 1.29 bits per heavy atom. The Kier molecular flexibility index (Phi) is 5.00. The highest BCUT2D eigenvalue weighted by Crippen LogP contribution is 2.30. The first-order valence-corrected chi connectivity index (χ1v) is 7.42. The molecule has 3 N–H and O–H groups in total. The number of sulfonamides is 1. The number of benzene rings is 1. The lowest BCUT2D eigenvalue weighted by Crippen LogP contribution is -2.47. The summed E-state index contributed by atoms with van der Waals surface area (Å²) in [5.74, 6) is -1.34. The minimum Gasteiger partial charge on any atom is -0.368 e. The fraction of sp³-hybridized carbons (Fsp3) is 0.417. The molecule has 0 saturated heterocycles. The average Bonchev–Trinajstić information content (AvgIpc) is 2.34. The molecule has 0 aromatic heterocycles. The Labute approximate surface area is 120 Å². The fourth-order valence-electron chi connectivity index (χ4n) is 1.60. The molecule has 1 aromatic carbocycles. The van der Waals surface area contributed by atoms with Gasteiger partial charge in [0.25, 0.3) is 0 Å². The molecule has 1 aromatic rings. The van der Waals surface area contributed by atoms with E-state index in [2.05, 4.69) is 0 Å². The standard InChI is InChI=1S/C12H15F3N2O3S/c1-7(2)10(11(16)18)17-21(19,20)9-5-3-4-8(6-9)12(13,14)15/h3-7,10,17H,1-2H3,(H2,16,18). The van der Waals surface area contributed by atoms with E-state index in [1.165, 1.54) is 0 Å². The van der Waals surface area contributed by atoms with E-state index in [9.17, 15) is 26.4 Å². The van der Waals surface area contributed by atoms with Gasteiger partial charge in [0.05, 0.1) is 10.5 Å². The number of alkyl halides is 3. The van der Waals surface area contributed by atoms with Gasteiger partial charge in [-0.15, -0.1) is 0 Å². The number of halogens is 3. The Morgan fingerprint density at radius 3 is 2.29 bits per heavy atom. The second kappa shape index (κ2) is 6.02. The Hall–Kier alpha value is -1.61. The lowest BCUT2D eigenvalue weighted by atomic mass is 10.1. The number of carbonyl (C=O) groups is 1. The van der Waals surface area contributed by atoms with E-state index in [0.29, 0.717) is 6.07 Å². The highest BCUT2D eigenvalue weighted by Gasteiger charge is 2.32. The van der Waals surface area contributed by atoms with Crippen LogP contribution in [0.5, 0.6) is 0 Å². The summed E-state index contributed by atoms with van der Waals surface area (Å²) in [5, 5.41) is 0. The second-order valence-corrected chi connectivity index (χ2v) is 6.48. The van der Waals surface area contributed by atoms with Crippen LogP contribution in [0.15, 0.2) is 29.2 Å². The number of amides is 1. The molecule has 0 spiro atoms. The maximum atomic E-state index is 12.6. The van der Waals surface area contributed by atoms with Crippen LogP contribution in [-0.4, -0.2) is 20.4 Å².